The van der Waals surface area contributed by atoms with Crippen molar-refractivity contribution in [3.05, 3.63) is 35.9 Å². The van der Waals surface area contributed by atoms with E-state index in [4.69, 9.17) is 4.52 Å². The summed E-state index contributed by atoms with van der Waals surface area (Å²) in [6.07, 6.45) is 0. The second kappa shape index (κ2) is 4.68. The highest BCUT2D eigenvalue weighted by Gasteiger charge is 2.48. The molecule has 1 fully saturated rings. The molecule has 0 aromatic heterocycles. The number of benzene rings is 1. The normalized spacial score (nSPS) is 27.4. The van der Waals surface area contributed by atoms with Crippen molar-refractivity contribution in [2.24, 2.45) is 0 Å². The van der Waals surface area contributed by atoms with Gasteiger partial charge in [0.1, 0.15) is 5.78 Å². The van der Waals surface area contributed by atoms with Crippen LogP contribution in [0.5, 0.6) is 0 Å². The lowest BCUT2D eigenvalue weighted by Gasteiger charge is -2.10. The predicted molar refractivity (Wildman–Crippen MR) is 62.1 cm³/mol. The zero-order chi connectivity index (χ0) is 11.6. The Morgan fingerprint density at radius 3 is 2.81 bits per heavy atom. The zero-order valence-corrected chi connectivity index (χ0v) is 10.1. The molecule has 16 heavy (non-hydrogen) atoms. The third kappa shape index (κ3) is 2.71. The molecule has 1 aliphatic heterocycles. The largest absolute Gasteiger partial charge is 0.346 e. The van der Waals surface area contributed by atoms with Crippen LogP contribution in [0.25, 0.3) is 0 Å². The molecule has 5 heteroatoms. The Morgan fingerprint density at radius 2 is 2.19 bits per heavy atom. The van der Waals surface area contributed by atoms with Crippen molar-refractivity contribution in [2.75, 3.05) is 13.2 Å². The standard InChI is InChI=1S/C11H16NO3P/c1-2-15-16(13,14)11-9-12(11)8-10-6-4-3-5-7-10/h3-7,11H,2,8-9H2,1H3,(H,13,14). The number of hydrogen-bond acceptors (Lipinski definition) is 3. The van der Waals surface area contributed by atoms with E-state index < -0.39 is 7.60 Å². The highest BCUT2D eigenvalue weighted by atomic mass is 31.2. The second-order valence-corrected chi connectivity index (χ2v) is 5.86. The third-order valence-corrected chi connectivity index (χ3v) is 4.48. The van der Waals surface area contributed by atoms with Crippen molar-refractivity contribution < 1.29 is 14.0 Å². The van der Waals surface area contributed by atoms with E-state index in [0.29, 0.717) is 13.1 Å². The molecular formula is C11H16NO3P. The number of rotatable bonds is 5. The molecule has 1 N–H and O–H groups in total. The Morgan fingerprint density at radius 1 is 1.50 bits per heavy atom. The molecule has 4 nitrogen and oxygen atoms in total. The van der Waals surface area contributed by atoms with E-state index in [1.165, 1.54) is 0 Å². The molecule has 3 atom stereocenters. The van der Waals surface area contributed by atoms with Gasteiger partial charge in [-0.1, -0.05) is 30.3 Å². The molecule has 0 aliphatic carbocycles. The van der Waals surface area contributed by atoms with Gasteiger partial charge in [0.05, 0.1) is 6.61 Å². The fraction of sp³-hybridized carbons (Fsp3) is 0.455. The van der Waals surface area contributed by atoms with Gasteiger partial charge >= 0.3 is 7.60 Å². The van der Waals surface area contributed by atoms with Crippen LogP contribution in [0.15, 0.2) is 30.3 Å². The average molecular weight is 241 g/mol. The highest BCUT2D eigenvalue weighted by Crippen LogP contribution is 2.55. The highest BCUT2D eigenvalue weighted by molar-refractivity contribution is 7.53. The average Bonchev–Trinajstić information content (AvgIpc) is 2.99. The Labute approximate surface area is 95.4 Å². The first-order valence-corrected chi connectivity index (χ1v) is 7.03. The van der Waals surface area contributed by atoms with Crippen molar-refractivity contribution >= 4 is 7.60 Å². The van der Waals surface area contributed by atoms with E-state index >= 15 is 0 Å². The van der Waals surface area contributed by atoms with Gasteiger partial charge in [0.15, 0.2) is 0 Å². The monoisotopic (exact) mass is 241 g/mol. The molecule has 0 spiro atoms. The van der Waals surface area contributed by atoms with E-state index in [-0.39, 0.29) is 12.4 Å². The molecule has 0 radical (unpaired) electrons. The Kier molecular flexibility index (Phi) is 3.45. The van der Waals surface area contributed by atoms with E-state index in [9.17, 15) is 9.46 Å². The Bertz CT molecular complexity index is 395. The molecule has 2 rings (SSSR count). The number of hydrogen-bond donors (Lipinski definition) is 1. The molecule has 0 bridgehead atoms. The second-order valence-electron chi connectivity index (χ2n) is 3.88. The summed E-state index contributed by atoms with van der Waals surface area (Å²) in [5.74, 6) is -0.312. The predicted octanol–water partition coefficient (Wildman–Crippen LogP) is 2.05. The number of nitrogens with zero attached hydrogens (tertiary/aromatic N) is 1. The summed E-state index contributed by atoms with van der Waals surface area (Å²) < 4.78 is 16.6. The zero-order valence-electron chi connectivity index (χ0n) is 9.24. The smallest absolute Gasteiger partial charge is 0.323 e. The van der Waals surface area contributed by atoms with Gasteiger partial charge in [-0.3, -0.25) is 9.46 Å². The molecule has 1 aromatic carbocycles. The summed E-state index contributed by atoms with van der Waals surface area (Å²) in [7, 11) is -3.42. The topological polar surface area (TPSA) is 49.5 Å². The minimum Gasteiger partial charge on any atom is -0.323 e. The van der Waals surface area contributed by atoms with Gasteiger partial charge in [-0.2, -0.15) is 0 Å². The molecule has 1 aliphatic rings. The first kappa shape index (κ1) is 11.8. The van der Waals surface area contributed by atoms with Crippen LogP contribution >= 0.6 is 7.60 Å². The van der Waals surface area contributed by atoms with Crippen molar-refractivity contribution in [3.63, 3.8) is 0 Å². The maximum absolute atomic E-state index is 11.7. The molecule has 1 heterocycles. The maximum atomic E-state index is 11.7. The lowest BCUT2D eigenvalue weighted by molar-refractivity contribution is 0.266. The van der Waals surface area contributed by atoms with Gasteiger partial charge in [-0.05, 0) is 12.5 Å². The quantitative estimate of drug-likeness (QED) is 0.633. The van der Waals surface area contributed by atoms with Gasteiger partial charge < -0.3 is 9.42 Å². The summed E-state index contributed by atoms with van der Waals surface area (Å²) in [5.41, 5.74) is 1.15. The fourth-order valence-corrected chi connectivity index (χ4v) is 3.18. The van der Waals surface area contributed by atoms with E-state index in [1.54, 1.807) is 6.92 Å². The molecular weight excluding hydrogens is 225 g/mol. The van der Waals surface area contributed by atoms with Gasteiger partial charge in [0.2, 0.25) is 0 Å². The molecule has 1 aromatic rings. The van der Waals surface area contributed by atoms with Crippen molar-refractivity contribution in [1.82, 2.24) is 4.90 Å². The Balaban J connectivity index is 1.90. The van der Waals surface area contributed by atoms with Crippen molar-refractivity contribution in [1.29, 1.82) is 0 Å². The fourth-order valence-electron chi connectivity index (χ4n) is 1.73. The van der Waals surface area contributed by atoms with E-state index in [1.807, 2.05) is 35.2 Å². The first-order chi connectivity index (χ1) is 7.63. The summed E-state index contributed by atoms with van der Waals surface area (Å²) in [5, 5.41) is 0. The van der Waals surface area contributed by atoms with Crippen LogP contribution in [0.2, 0.25) is 0 Å². The maximum Gasteiger partial charge on any atom is 0.346 e. The summed E-state index contributed by atoms with van der Waals surface area (Å²) >= 11 is 0. The molecule has 0 saturated carbocycles. The van der Waals surface area contributed by atoms with E-state index in [0.717, 1.165) is 5.56 Å². The van der Waals surface area contributed by atoms with Crippen molar-refractivity contribution in [3.8, 4) is 0 Å². The molecule has 1 saturated heterocycles. The molecule has 0 amide bonds. The van der Waals surface area contributed by atoms with Crippen LogP contribution in [0, 0.1) is 0 Å². The van der Waals surface area contributed by atoms with Gasteiger partial charge in [-0.25, -0.2) is 0 Å². The first-order valence-electron chi connectivity index (χ1n) is 5.38. The van der Waals surface area contributed by atoms with Crippen molar-refractivity contribution in [2.45, 2.75) is 19.3 Å². The summed E-state index contributed by atoms with van der Waals surface area (Å²) in [6, 6.07) is 9.92. The van der Waals surface area contributed by atoms with Crippen LogP contribution in [0.4, 0.5) is 0 Å². The van der Waals surface area contributed by atoms with Crippen LogP contribution in [-0.4, -0.2) is 28.7 Å². The molecule has 3 unspecified atom stereocenters. The van der Waals surface area contributed by atoms with Gasteiger partial charge in [0.25, 0.3) is 0 Å². The molecule has 88 valence electrons. The SMILES string of the molecule is CCOP(=O)(O)C1CN1Cc1ccccc1. The van der Waals surface area contributed by atoms with Crippen LogP contribution in [0.3, 0.4) is 0 Å². The summed E-state index contributed by atoms with van der Waals surface area (Å²) in [6.45, 7) is 3.36. The Hall–Kier alpha value is -0.670. The minimum absolute atomic E-state index is 0.281. The van der Waals surface area contributed by atoms with Gasteiger partial charge in [0, 0.05) is 13.1 Å². The van der Waals surface area contributed by atoms with Crippen LogP contribution in [0.1, 0.15) is 12.5 Å². The van der Waals surface area contributed by atoms with Crippen LogP contribution in [-0.2, 0) is 15.6 Å². The third-order valence-electron chi connectivity index (χ3n) is 2.60. The lowest BCUT2D eigenvalue weighted by atomic mass is 10.2. The lowest BCUT2D eigenvalue weighted by Crippen LogP contribution is -2.04. The summed E-state index contributed by atoms with van der Waals surface area (Å²) in [4.78, 5) is 11.5. The van der Waals surface area contributed by atoms with E-state index in [2.05, 4.69) is 0 Å². The van der Waals surface area contributed by atoms with Crippen LogP contribution < -0.4 is 0 Å². The van der Waals surface area contributed by atoms with Gasteiger partial charge in [-0.15, -0.1) is 0 Å². The minimum atomic E-state index is -3.42.